The molecule has 0 aliphatic carbocycles. The minimum Gasteiger partial charge on any atom is -0.480 e. The van der Waals surface area contributed by atoms with Gasteiger partial charge in [-0.1, -0.05) is 13.0 Å². The SMILES string of the molecule is CC(c1ccccn1)C(C)(N)C(=O)O. The topological polar surface area (TPSA) is 76.2 Å². The van der Waals surface area contributed by atoms with E-state index in [0.29, 0.717) is 5.69 Å². The zero-order valence-corrected chi connectivity index (χ0v) is 8.27. The number of carboxylic acids is 1. The van der Waals surface area contributed by atoms with Crippen LogP contribution in [0, 0.1) is 0 Å². The Balaban J connectivity index is 2.96. The summed E-state index contributed by atoms with van der Waals surface area (Å²) < 4.78 is 0. The van der Waals surface area contributed by atoms with Gasteiger partial charge in [-0.05, 0) is 19.1 Å². The van der Waals surface area contributed by atoms with E-state index in [2.05, 4.69) is 4.98 Å². The summed E-state index contributed by atoms with van der Waals surface area (Å²) in [7, 11) is 0. The molecule has 2 unspecified atom stereocenters. The summed E-state index contributed by atoms with van der Waals surface area (Å²) in [6.45, 7) is 3.26. The van der Waals surface area contributed by atoms with E-state index >= 15 is 0 Å². The molecule has 4 heteroatoms. The second kappa shape index (κ2) is 3.75. The van der Waals surface area contributed by atoms with E-state index in [4.69, 9.17) is 10.8 Å². The third-order valence-corrected chi connectivity index (χ3v) is 2.49. The highest BCUT2D eigenvalue weighted by atomic mass is 16.4. The van der Waals surface area contributed by atoms with Gasteiger partial charge in [-0.25, -0.2) is 0 Å². The monoisotopic (exact) mass is 194 g/mol. The molecule has 1 aromatic heterocycles. The number of carboxylic acid groups (broad SMARTS) is 1. The molecule has 0 fully saturated rings. The Labute approximate surface area is 82.8 Å². The predicted molar refractivity (Wildman–Crippen MR) is 52.9 cm³/mol. The Morgan fingerprint density at radius 2 is 2.29 bits per heavy atom. The van der Waals surface area contributed by atoms with Crippen LogP contribution in [0.4, 0.5) is 0 Å². The summed E-state index contributed by atoms with van der Waals surface area (Å²) in [5.41, 5.74) is 5.11. The summed E-state index contributed by atoms with van der Waals surface area (Å²) in [5, 5.41) is 8.92. The van der Waals surface area contributed by atoms with Crippen molar-refractivity contribution in [2.45, 2.75) is 25.3 Å². The first-order valence-corrected chi connectivity index (χ1v) is 4.39. The van der Waals surface area contributed by atoms with Crippen LogP contribution in [0.1, 0.15) is 25.5 Å². The molecule has 0 spiro atoms. The van der Waals surface area contributed by atoms with Gasteiger partial charge in [0.2, 0.25) is 0 Å². The zero-order chi connectivity index (χ0) is 10.8. The average molecular weight is 194 g/mol. The Morgan fingerprint density at radius 1 is 1.64 bits per heavy atom. The average Bonchev–Trinajstić information content (AvgIpc) is 2.17. The number of carbonyl (C=O) groups is 1. The molecule has 0 amide bonds. The predicted octanol–water partition coefficient (Wildman–Crippen LogP) is 0.987. The van der Waals surface area contributed by atoms with Crippen LogP contribution in [-0.4, -0.2) is 21.6 Å². The quantitative estimate of drug-likeness (QED) is 0.752. The molecule has 4 nitrogen and oxygen atoms in total. The van der Waals surface area contributed by atoms with Crippen molar-refractivity contribution in [2.75, 3.05) is 0 Å². The van der Waals surface area contributed by atoms with Crippen LogP contribution in [0.25, 0.3) is 0 Å². The van der Waals surface area contributed by atoms with E-state index < -0.39 is 11.5 Å². The van der Waals surface area contributed by atoms with Gasteiger partial charge < -0.3 is 10.8 Å². The molecule has 14 heavy (non-hydrogen) atoms. The lowest BCUT2D eigenvalue weighted by molar-refractivity contribution is -0.143. The Kier molecular flexibility index (Phi) is 2.86. The lowest BCUT2D eigenvalue weighted by Gasteiger charge is -2.26. The first-order chi connectivity index (χ1) is 6.46. The molecular weight excluding hydrogens is 180 g/mol. The molecule has 0 aromatic carbocycles. The first-order valence-electron chi connectivity index (χ1n) is 4.39. The number of pyridine rings is 1. The Bertz CT molecular complexity index is 322. The lowest BCUT2D eigenvalue weighted by atomic mass is 9.85. The summed E-state index contributed by atoms with van der Waals surface area (Å²) in [6.07, 6.45) is 1.63. The Hall–Kier alpha value is -1.42. The van der Waals surface area contributed by atoms with E-state index in [9.17, 15) is 4.79 Å². The van der Waals surface area contributed by atoms with Gasteiger partial charge >= 0.3 is 5.97 Å². The van der Waals surface area contributed by atoms with Crippen LogP contribution in [0.5, 0.6) is 0 Å². The molecule has 0 bridgehead atoms. The van der Waals surface area contributed by atoms with Crippen LogP contribution < -0.4 is 5.73 Å². The van der Waals surface area contributed by atoms with Crippen molar-refractivity contribution < 1.29 is 9.90 Å². The van der Waals surface area contributed by atoms with Crippen molar-refractivity contribution in [3.05, 3.63) is 30.1 Å². The molecule has 1 aromatic rings. The van der Waals surface area contributed by atoms with Crippen molar-refractivity contribution in [1.29, 1.82) is 0 Å². The van der Waals surface area contributed by atoms with Gasteiger partial charge in [0.1, 0.15) is 5.54 Å². The molecule has 0 aliphatic rings. The third kappa shape index (κ3) is 1.90. The number of hydrogen-bond acceptors (Lipinski definition) is 3. The summed E-state index contributed by atoms with van der Waals surface area (Å²) in [6, 6.07) is 5.38. The van der Waals surface area contributed by atoms with Crippen molar-refractivity contribution >= 4 is 5.97 Å². The zero-order valence-electron chi connectivity index (χ0n) is 8.27. The van der Waals surface area contributed by atoms with Crippen molar-refractivity contribution in [3.8, 4) is 0 Å². The fourth-order valence-electron chi connectivity index (χ4n) is 1.12. The molecule has 0 aliphatic heterocycles. The smallest absolute Gasteiger partial charge is 0.324 e. The van der Waals surface area contributed by atoms with Crippen LogP contribution in [-0.2, 0) is 4.79 Å². The van der Waals surface area contributed by atoms with Gasteiger partial charge in [-0.2, -0.15) is 0 Å². The molecule has 76 valence electrons. The van der Waals surface area contributed by atoms with Crippen molar-refractivity contribution in [2.24, 2.45) is 5.73 Å². The van der Waals surface area contributed by atoms with Gasteiger partial charge in [0.05, 0.1) is 0 Å². The number of hydrogen-bond donors (Lipinski definition) is 2. The second-order valence-corrected chi connectivity index (χ2v) is 3.56. The molecular formula is C10H14N2O2. The van der Waals surface area contributed by atoms with Gasteiger partial charge in [-0.3, -0.25) is 9.78 Å². The van der Waals surface area contributed by atoms with Crippen molar-refractivity contribution in [1.82, 2.24) is 4.98 Å². The van der Waals surface area contributed by atoms with Gasteiger partial charge in [0, 0.05) is 17.8 Å². The standard InChI is InChI=1S/C10H14N2O2/c1-7(10(2,11)9(13)14)8-5-3-4-6-12-8/h3-7H,11H2,1-2H3,(H,13,14). The minimum absolute atomic E-state index is 0.318. The van der Waals surface area contributed by atoms with E-state index in [0.717, 1.165) is 0 Å². The maximum absolute atomic E-state index is 10.9. The molecule has 1 heterocycles. The summed E-state index contributed by atoms with van der Waals surface area (Å²) in [5.74, 6) is -1.34. The molecule has 1 rings (SSSR count). The summed E-state index contributed by atoms with van der Waals surface area (Å²) >= 11 is 0. The van der Waals surface area contributed by atoms with Crippen molar-refractivity contribution in [3.63, 3.8) is 0 Å². The minimum atomic E-state index is -1.28. The maximum atomic E-state index is 10.9. The fourth-order valence-corrected chi connectivity index (χ4v) is 1.12. The van der Waals surface area contributed by atoms with E-state index in [1.54, 1.807) is 25.3 Å². The number of aliphatic carboxylic acids is 1. The second-order valence-electron chi connectivity index (χ2n) is 3.56. The highest BCUT2D eigenvalue weighted by molar-refractivity contribution is 5.79. The number of aromatic nitrogens is 1. The number of rotatable bonds is 3. The maximum Gasteiger partial charge on any atom is 0.324 e. The summed E-state index contributed by atoms with van der Waals surface area (Å²) in [4.78, 5) is 15.0. The third-order valence-electron chi connectivity index (χ3n) is 2.49. The normalized spacial score (nSPS) is 17.1. The van der Waals surface area contributed by atoms with Crippen LogP contribution in [0.2, 0.25) is 0 Å². The molecule has 0 saturated carbocycles. The highest BCUT2D eigenvalue weighted by Crippen LogP contribution is 2.24. The van der Waals surface area contributed by atoms with Gasteiger partial charge in [-0.15, -0.1) is 0 Å². The molecule has 0 saturated heterocycles. The van der Waals surface area contributed by atoms with Crippen LogP contribution in [0.3, 0.4) is 0 Å². The van der Waals surface area contributed by atoms with E-state index in [1.807, 2.05) is 6.07 Å². The largest absolute Gasteiger partial charge is 0.480 e. The Morgan fingerprint density at radius 3 is 2.71 bits per heavy atom. The van der Waals surface area contributed by atoms with E-state index in [-0.39, 0.29) is 5.92 Å². The molecule has 3 N–H and O–H groups in total. The molecule has 0 radical (unpaired) electrons. The lowest BCUT2D eigenvalue weighted by Crippen LogP contribution is -2.49. The number of nitrogens with zero attached hydrogens (tertiary/aromatic N) is 1. The van der Waals surface area contributed by atoms with E-state index in [1.165, 1.54) is 6.92 Å². The number of nitrogens with two attached hydrogens (primary N) is 1. The molecule has 2 atom stereocenters. The van der Waals surface area contributed by atoms with Gasteiger partial charge in [0.15, 0.2) is 0 Å². The van der Waals surface area contributed by atoms with Crippen LogP contribution >= 0.6 is 0 Å². The first kappa shape index (κ1) is 10.7. The van der Waals surface area contributed by atoms with Gasteiger partial charge in [0.25, 0.3) is 0 Å². The fraction of sp³-hybridized carbons (Fsp3) is 0.400. The van der Waals surface area contributed by atoms with Crippen LogP contribution in [0.15, 0.2) is 24.4 Å². The highest BCUT2D eigenvalue weighted by Gasteiger charge is 2.36.